The van der Waals surface area contributed by atoms with Crippen molar-refractivity contribution in [2.45, 2.75) is 245 Å². The maximum Gasteiger partial charge on any atom is 0.306 e. The van der Waals surface area contributed by atoms with Crippen molar-refractivity contribution >= 4 is 17.9 Å². The standard InChI is InChI=1S/C59H98O6/c1-4-7-10-13-16-19-22-24-26-28-30-32-34-37-40-43-46-49-52-58(61)64-55-56(54-63-57(60)51-48-45-42-39-36-21-18-15-12-9-6-3)65-59(62)53-50-47-44-41-38-35-33-31-29-27-25-23-20-17-14-11-8-5-2/h10,13,15-16,18-19,21-22,24,26,28,30-33,36,56H,4-9,11-12,14,17,20,23,25,27,29,34-35,37-55H2,1-3H3/b13-10-,18-15-,19-16-,24-22-,28-26-,32-30-,33-31-,36-21-. The summed E-state index contributed by atoms with van der Waals surface area (Å²) in [5.41, 5.74) is 0. The van der Waals surface area contributed by atoms with E-state index in [1.165, 1.54) is 89.9 Å². The first-order valence-electron chi connectivity index (χ1n) is 26.8. The van der Waals surface area contributed by atoms with Gasteiger partial charge in [-0.05, 0) is 83.5 Å². The Balaban J connectivity index is 4.45. The van der Waals surface area contributed by atoms with Crippen LogP contribution in [0.15, 0.2) is 97.2 Å². The van der Waals surface area contributed by atoms with E-state index in [-0.39, 0.29) is 31.1 Å². The molecule has 6 nitrogen and oxygen atoms in total. The zero-order valence-electron chi connectivity index (χ0n) is 42.2. The Morgan fingerprint density at radius 2 is 0.615 bits per heavy atom. The van der Waals surface area contributed by atoms with Gasteiger partial charge in [-0.2, -0.15) is 0 Å². The van der Waals surface area contributed by atoms with Gasteiger partial charge in [0.1, 0.15) is 13.2 Å². The molecule has 0 rings (SSSR count). The molecule has 6 heteroatoms. The second-order valence-electron chi connectivity index (χ2n) is 17.6. The highest BCUT2D eigenvalue weighted by atomic mass is 16.6. The lowest BCUT2D eigenvalue weighted by atomic mass is 10.1. The van der Waals surface area contributed by atoms with E-state index in [4.69, 9.17) is 14.2 Å². The van der Waals surface area contributed by atoms with Crippen LogP contribution in [0.3, 0.4) is 0 Å². The van der Waals surface area contributed by atoms with Crippen molar-refractivity contribution in [3.8, 4) is 0 Å². The summed E-state index contributed by atoms with van der Waals surface area (Å²) in [4.78, 5) is 38.0. The minimum absolute atomic E-state index is 0.104. The van der Waals surface area contributed by atoms with E-state index in [0.29, 0.717) is 19.3 Å². The van der Waals surface area contributed by atoms with Crippen molar-refractivity contribution in [1.82, 2.24) is 0 Å². The van der Waals surface area contributed by atoms with Gasteiger partial charge in [0.2, 0.25) is 0 Å². The molecule has 0 saturated heterocycles. The maximum atomic E-state index is 12.8. The topological polar surface area (TPSA) is 78.9 Å². The van der Waals surface area contributed by atoms with Gasteiger partial charge in [-0.3, -0.25) is 14.4 Å². The van der Waals surface area contributed by atoms with Crippen LogP contribution in [-0.4, -0.2) is 37.2 Å². The quantitative estimate of drug-likeness (QED) is 0.0199. The van der Waals surface area contributed by atoms with E-state index in [1.807, 2.05) is 24.3 Å². The number of carbonyl (C=O) groups excluding carboxylic acids is 3. The van der Waals surface area contributed by atoms with Crippen LogP contribution in [-0.2, 0) is 28.6 Å². The summed E-state index contributed by atoms with van der Waals surface area (Å²) in [6, 6.07) is 0. The molecule has 0 aliphatic carbocycles. The molecule has 65 heavy (non-hydrogen) atoms. The molecule has 0 aliphatic rings. The van der Waals surface area contributed by atoms with Crippen LogP contribution in [0.5, 0.6) is 0 Å². The highest BCUT2D eigenvalue weighted by molar-refractivity contribution is 5.71. The second-order valence-corrected chi connectivity index (χ2v) is 17.6. The van der Waals surface area contributed by atoms with Gasteiger partial charge in [-0.1, -0.05) is 234 Å². The van der Waals surface area contributed by atoms with Crippen LogP contribution >= 0.6 is 0 Å². The molecule has 1 unspecified atom stereocenters. The molecule has 0 aromatic heterocycles. The van der Waals surface area contributed by atoms with Crippen LogP contribution in [0.1, 0.15) is 239 Å². The lowest BCUT2D eigenvalue weighted by molar-refractivity contribution is -0.167. The summed E-state index contributed by atoms with van der Waals surface area (Å²) in [5, 5.41) is 0. The molecule has 0 heterocycles. The number of allylic oxidation sites excluding steroid dienone is 16. The summed E-state index contributed by atoms with van der Waals surface area (Å²) >= 11 is 0. The number of esters is 3. The molecule has 0 saturated carbocycles. The van der Waals surface area contributed by atoms with Gasteiger partial charge in [0.25, 0.3) is 0 Å². The Kier molecular flexibility index (Phi) is 50.0. The van der Waals surface area contributed by atoms with Crippen LogP contribution in [0.2, 0.25) is 0 Å². The lowest BCUT2D eigenvalue weighted by Crippen LogP contribution is -2.30. The smallest absolute Gasteiger partial charge is 0.306 e. The highest BCUT2D eigenvalue weighted by Gasteiger charge is 2.19. The first kappa shape index (κ1) is 61.3. The van der Waals surface area contributed by atoms with Gasteiger partial charge in [-0.25, -0.2) is 0 Å². The van der Waals surface area contributed by atoms with E-state index < -0.39 is 6.10 Å². The van der Waals surface area contributed by atoms with Gasteiger partial charge in [0.05, 0.1) is 0 Å². The van der Waals surface area contributed by atoms with Gasteiger partial charge in [0.15, 0.2) is 6.10 Å². The van der Waals surface area contributed by atoms with E-state index in [2.05, 4.69) is 93.7 Å². The average molecular weight is 903 g/mol. The normalized spacial score (nSPS) is 12.8. The van der Waals surface area contributed by atoms with Gasteiger partial charge in [0, 0.05) is 19.3 Å². The van der Waals surface area contributed by atoms with Crippen LogP contribution in [0.4, 0.5) is 0 Å². The Labute approximate surface area is 400 Å². The number of ether oxygens (including phenoxy) is 3. The van der Waals surface area contributed by atoms with Crippen molar-refractivity contribution in [3.63, 3.8) is 0 Å². The van der Waals surface area contributed by atoms with Gasteiger partial charge in [-0.15, -0.1) is 0 Å². The number of unbranched alkanes of at least 4 members (excludes halogenated alkanes) is 25. The van der Waals surface area contributed by atoms with Crippen LogP contribution in [0, 0.1) is 0 Å². The zero-order chi connectivity index (χ0) is 47.2. The molecule has 0 fully saturated rings. The Morgan fingerprint density at radius 1 is 0.308 bits per heavy atom. The third kappa shape index (κ3) is 51.2. The molecule has 0 amide bonds. The number of rotatable bonds is 47. The second kappa shape index (κ2) is 52.9. The predicted octanol–water partition coefficient (Wildman–Crippen LogP) is 17.8. The first-order chi connectivity index (χ1) is 32.0. The molecular weight excluding hydrogens is 805 g/mol. The molecule has 0 N–H and O–H groups in total. The Morgan fingerprint density at radius 3 is 1.05 bits per heavy atom. The van der Waals surface area contributed by atoms with E-state index in [9.17, 15) is 14.4 Å². The Bertz CT molecular complexity index is 1310. The molecule has 1 atom stereocenters. The van der Waals surface area contributed by atoms with E-state index in [0.717, 1.165) is 109 Å². The minimum Gasteiger partial charge on any atom is -0.462 e. The monoisotopic (exact) mass is 903 g/mol. The van der Waals surface area contributed by atoms with Crippen molar-refractivity contribution in [2.24, 2.45) is 0 Å². The fourth-order valence-electron chi connectivity index (χ4n) is 7.09. The molecule has 0 aliphatic heterocycles. The third-order valence-electron chi connectivity index (χ3n) is 11.2. The zero-order valence-corrected chi connectivity index (χ0v) is 42.2. The SMILES string of the molecule is CCC\C=C/C=C\C=C/C=C\C=C/CCCCCCCC(=O)OCC(COC(=O)CCCCC/C=C\C=C/CCCC)OC(=O)CCCCCCC/C=C\CCCCCCCCCCC. The molecule has 0 aromatic rings. The van der Waals surface area contributed by atoms with Crippen LogP contribution < -0.4 is 0 Å². The average Bonchev–Trinajstić information content (AvgIpc) is 3.30. The predicted molar refractivity (Wildman–Crippen MR) is 279 cm³/mol. The largest absolute Gasteiger partial charge is 0.462 e. The highest BCUT2D eigenvalue weighted by Crippen LogP contribution is 2.14. The first-order valence-corrected chi connectivity index (χ1v) is 26.8. The molecule has 0 radical (unpaired) electrons. The van der Waals surface area contributed by atoms with E-state index >= 15 is 0 Å². The fourth-order valence-corrected chi connectivity index (χ4v) is 7.09. The summed E-state index contributed by atoms with van der Waals surface area (Å²) < 4.78 is 16.8. The number of carbonyl (C=O) groups is 3. The lowest BCUT2D eigenvalue weighted by Gasteiger charge is -2.18. The fraction of sp³-hybridized carbons (Fsp3) is 0.678. The van der Waals surface area contributed by atoms with Crippen molar-refractivity contribution in [2.75, 3.05) is 13.2 Å². The summed E-state index contributed by atoms with van der Waals surface area (Å²) in [6.07, 6.45) is 69.6. The molecule has 370 valence electrons. The number of hydrogen-bond donors (Lipinski definition) is 0. The van der Waals surface area contributed by atoms with Gasteiger partial charge < -0.3 is 14.2 Å². The molecule has 0 spiro atoms. The summed E-state index contributed by atoms with van der Waals surface area (Å²) in [6.45, 7) is 6.44. The minimum atomic E-state index is -0.804. The third-order valence-corrected chi connectivity index (χ3v) is 11.2. The molecule has 0 aromatic carbocycles. The van der Waals surface area contributed by atoms with Crippen LogP contribution in [0.25, 0.3) is 0 Å². The summed E-state index contributed by atoms with van der Waals surface area (Å²) in [7, 11) is 0. The Hall–Kier alpha value is -3.67. The molecular formula is C59H98O6. The summed E-state index contributed by atoms with van der Waals surface area (Å²) in [5.74, 6) is -0.964. The maximum absolute atomic E-state index is 12.8. The van der Waals surface area contributed by atoms with E-state index in [1.54, 1.807) is 0 Å². The van der Waals surface area contributed by atoms with Crippen molar-refractivity contribution < 1.29 is 28.6 Å². The van der Waals surface area contributed by atoms with Crippen molar-refractivity contribution in [3.05, 3.63) is 97.2 Å². The molecule has 0 bridgehead atoms. The number of hydrogen-bond acceptors (Lipinski definition) is 6. The van der Waals surface area contributed by atoms with Crippen molar-refractivity contribution in [1.29, 1.82) is 0 Å². The van der Waals surface area contributed by atoms with Gasteiger partial charge >= 0.3 is 17.9 Å².